The molecule has 0 aromatic carbocycles. The smallest absolute Gasteiger partial charge is 0.310 e. The third-order valence-electron chi connectivity index (χ3n) is 21.2. The minimum absolute atomic E-state index is 0.103. The maximum atomic E-state index is 15.4. The Labute approximate surface area is 355 Å². The van der Waals surface area contributed by atoms with E-state index in [2.05, 4.69) is 82.0 Å². The van der Waals surface area contributed by atoms with Crippen LogP contribution < -0.4 is 0 Å². The molecule has 9 heteroatoms. The summed E-state index contributed by atoms with van der Waals surface area (Å²) in [6.45, 7) is 28.2. The second-order valence-corrected chi connectivity index (χ2v) is 24.4. The number of aromatic nitrogens is 3. The number of rotatable bonds is 8. The number of fused-ring (bicyclic) bond motifs is 7. The fourth-order valence-corrected chi connectivity index (χ4v) is 17.2. The molecular weight excluding hydrogens is 737 g/mol. The van der Waals surface area contributed by atoms with Crippen molar-refractivity contribution < 1.29 is 23.9 Å². The van der Waals surface area contributed by atoms with Crippen molar-refractivity contribution in [1.29, 1.82) is 0 Å². The van der Waals surface area contributed by atoms with E-state index in [1.165, 1.54) is 51.4 Å². The van der Waals surface area contributed by atoms with E-state index in [1.54, 1.807) is 0 Å². The summed E-state index contributed by atoms with van der Waals surface area (Å²) in [5.41, 5.74) is 0.229. The number of aryl methyl sites for hydroxylation is 1. The van der Waals surface area contributed by atoms with Crippen LogP contribution in [-0.4, -0.2) is 63.3 Å². The van der Waals surface area contributed by atoms with Gasteiger partial charge in [0.25, 0.3) is 6.47 Å². The SMILES string of the molecule is Cc1nnc(C(C)C)n1C1CCN(C(=O)[C@]23CC[C@@H](C4(C)CC4)[C@@H]2[C@H]2CC[C@@H]4[C@@]5(C)CC[C@H](OC(=O)[C@H]6C[C@@H](OC=O)C6(C)C)C(C)(C)[C@@H]5CC[C@@]4(C)[C@]2(C)CC3)CC1. The maximum absolute atomic E-state index is 15.4. The minimum Gasteiger partial charge on any atom is -0.464 e. The van der Waals surface area contributed by atoms with Crippen molar-refractivity contribution >= 4 is 18.3 Å². The Morgan fingerprint density at radius 2 is 1.44 bits per heavy atom. The fourth-order valence-electron chi connectivity index (χ4n) is 17.2. The molecule has 1 aliphatic heterocycles. The third kappa shape index (κ3) is 5.81. The first-order valence-corrected chi connectivity index (χ1v) is 24.2. The summed E-state index contributed by atoms with van der Waals surface area (Å²) in [4.78, 5) is 42.6. The molecule has 8 aliphatic rings. The van der Waals surface area contributed by atoms with E-state index in [0.717, 1.165) is 63.3 Å². The van der Waals surface area contributed by atoms with Gasteiger partial charge in [0.2, 0.25) is 5.91 Å². The van der Waals surface area contributed by atoms with Crippen LogP contribution >= 0.6 is 0 Å². The van der Waals surface area contributed by atoms with Gasteiger partial charge in [0, 0.05) is 35.9 Å². The molecule has 328 valence electrons. The van der Waals surface area contributed by atoms with Crippen molar-refractivity contribution in [3.8, 4) is 0 Å². The zero-order valence-corrected chi connectivity index (χ0v) is 38.7. The first kappa shape index (κ1) is 41.9. The van der Waals surface area contributed by atoms with Crippen LogP contribution in [0.5, 0.6) is 0 Å². The number of likely N-dealkylation sites (tertiary alicyclic amines) is 1. The Kier molecular flexibility index (Phi) is 9.78. The van der Waals surface area contributed by atoms with Gasteiger partial charge in [-0.1, -0.05) is 69.2 Å². The van der Waals surface area contributed by atoms with Gasteiger partial charge >= 0.3 is 5.97 Å². The molecule has 1 amide bonds. The van der Waals surface area contributed by atoms with Gasteiger partial charge in [-0.05, 0) is 154 Å². The first-order valence-electron chi connectivity index (χ1n) is 24.2. The van der Waals surface area contributed by atoms with E-state index in [1.807, 2.05) is 13.8 Å². The van der Waals surface area contributed by atoms with Gasteiger partial charge in [-0.15, -0.1) is 10.2 Å². The highest BCUT2D eigenvalue weighted by Crippen LogP contribution is 2.79. The van der Waals surface area contributed by atoms with E-state index >= 15 is 4.79 Å². The Morgan fingerprint density at radius 1 is 0.729 bits per heavy atom. The number of piperidine rings is 1. The lowest BCUT2D eigenvalue weighted by molar-refractivity contribution is -0.253. The maximum Gasteiger partial charge on any atom is 0.310 e. The van der Waals surface area contributed by atoms with Crippen LogP contribution in [0.4, 0.5) is 0 Å². The summed E-state index contributed by atoms with van der Waals surface area (Å²) in [5, 5.41) is 9.02. The molecule has 2 heterocycles. The van der Waals surface area contributed by atoms with Crippen molar-refractivity contribution in [2.75, 3.05) is 13.1 Å². The monoisotopic (exact) mass is 815 g/mol. The molecule has 12 atom stereocenters. The van der Waals surface area contributed by atoms with Crippen molar-refractivity contribution in [1.82, 2.24) is 19.7 Å². The van der Waals surface area contributed by atoms with Crippen molar-refractivity contribution in [3.05, 3.63) is 11.6 Å². The van der Waals surface area contributed by atoms with Crippen molar-refractivity contribution in [3.63, 3.8) is 0 Å². The predicted molar refractivity (Wildman–Crippen MR) is 228 cm³/mol. The molecule has 0 spiro atoms. The molecule has 1 aromatic rings. The molecule has 0 radical (unpaired) electrons. The zero-order valence-electron chi connectivity index (χ0n) is 38.7. The standard InChI is InChI=1S/C50H78N4O5/c1-30(2)41-52-51-31(3)54(41)32-17-26-53(27-18-32)43(57)50-21-14-33(46(8)22-23-46)40(50)34-12-13-37-47(9)19-16-38(59-42(56)35-28-39(58-29-55)44(35,4)5)45(6,7)36(47)15-20-49(37,11)48(34,10)24-25-50/h29-30,32-40H,12-28H2,1-11H3/t33-,34-,35-,36+,37-,38+,39-,40-,47+,48-,49-,50+/m1/s1. The summed E-state index contributed by atoms with van der Waals surface area (Å²) in [6, 6.07) is 0.363. The molecule has 1 saturated heterocycles. The number of ether oxygens (including phenoxy) is 2. The van der Waals surface area contributed by atoms with Gasteiger partial charge in [-0.3, -0.25) is 14.4 Å². The molecule has 8 fully saturated rings. The van der Waals surface area contributed by atoms with Crippen LogP contribution in [0.15, 0.2) is 0 Å². The predicted octanol–water partition coefficient (Wildman–Crippen LogP) is 10.3. The van der Waals surface area contributed by atoms with E-state index in [-0.39, 0.29) is 51.2 Å². The topological polar surface area (TPSA) is 104 Å². The highest BCUT2D eigenvalue weighted by atomic mass is 16.6. The summed E-state index contributed by atoms with van der Waals surface area (Å²) < 4.78 is 14.2. The Morgan fingerprint density at radius 3 is 2.08 bits per heavy atom. The van der Waals surface area contributed by atoms with E-state index in [4.69, 9.17) is 9.47 Å². The summed E-state index contributed by atoms with van der Waals surface area (Å²) in [5.74, 6) is 5.39. The van der Waals surface area contributed by atoms with Gasteiger partial charge in [0.05, 0.1) is 11.3 Å². The summed E-state index contributed by atoms with van der Waals surface area (Å²) >= 11 is 0. The first-order chi connectivity index (χ1) is 27.7. The summed E-state index contributed by atoms with van der Waals surface area (Å²) in [7, 11) is 0. The highest BCUT2D eigenvalue weighted by molar-refractivity contribution is 5.84. The van der Waals surface area contributed by atoms with Gasteiger partial charge in [-0.2, -0.15) is 0 Å². The van der Waals surface area contributed by atoms with E-state index in [9.17, 15) is 9.59 Å². The Balaban J connectivity index is 0.947. The van der Waals surface area contributed by atoms with Crippen LogP contribution in [0.3, 0.4) is 0 Å². The van der Waals surface area contributed by atoms with Gasteiger partial charge in [-0.25, -0.2) is 0 Å². The molecule has 59 heavy (non-hydrogen) atoms. The number of carbonyl (C=O) groups is 3. The molecule has 7 saturated carbocycles. The van der Waals surface area contributed by atoms with Crippen molar-refractivity contribution in [2.24, 2.45) is 73.4 Å². The quantitative estimate of drug-likeness (QED) is 0.190. The number of nitrogens with zero attached hydrogens (tertiary/aromatic N) is 4. The van der Waals surface area contributed by atoms with E-state index in [0.29, 0.717) is 65.8 Å². The number of hydrogen-bond donors (Lipinski definition) is 0. The highest BCUT2D eigenvalue weighted by Gasteiger charge is 2.74. The third-order valence-corrected chi connectivity index (χ3v) is 21.2. The van der Waals surface area contributed by atoms with Crippen LogP contribution in [-0.2, 0) is 23.9 Å². The average molecular weight is 815 g/mol. The molecular formula is C50H78N4O5. The molecule has 0 unspecified atom stereocenters. The lowest BCUT2D eigenvalue weighted by Crippen LogP contribution is -2.68. The van der Waals surface area contributed by atoms with Crippen LogP contribution in [0.1, 0.15) is 189 Å². The van der Waals surface area contributed by atoms with Gasteiger partial charge < -0.3 is 18.9 Å². The molecule has 1 aromatic heterocycles. The van der Waals surface area contributed by atoms with Gasteiger partial charge in [0.1, 0.15) is 23.9 Å². The van der Waals surface area contributed by atoms with Crippen LogP contribution in [0.25, 0.3) is 0 Å². The number of esters is 1. The zero-order chi connectivity index (χ0) is 42.3. The van der Waals surface area contributed by atoms with Gasteiger partial charge in [0.15, 0.2) is 0 Å². The Hall–Kier alpha value is -2.45. The normalized spacial score (nSPS) is 44.3. The summed E-state index contributed by atoms with van der Waals surface area (Å²) in [6.07, 6.45) is 16.3. The number of amides is 1. The largest absolute Gasteiger partial charge is 0.464 e. The fraction of sp³-hybridized carbons (Fsp3) is 0.900. The number of carbonyl (C=O) groups excluding carboxylic acids is 3. The molecule has 9 rings (SSSR count). The Bertz CT molecular complexity index is 1840. The molecule has 9 nitrogen and oxygen atoms in total. The molecule has 0 bridgehead atoms. The second kappa shape index (κ2) is 13.8. The lowest BCUT2D eigenvalue weighted by atomic mass is 9.32. The van der Waals surface area contributed by atoms with E-state index < -0.39 is 5.41 Å². The van der Waals surface area contributed by atoms with Crippen LogP contribution in [0, 0.1) is 80.3 Å². The van der Waals surface area contributed by atoms with Crippen molar-refractivity contribution in [2.45, 2.75) is 197 Å². The lowest BCUT2D eigenvalue weighted by Gasteiger charge is -2.73. The average Bonchev–Trinajstić information content (AvgIpc) is 3.60. The number of hydrogen-bond acceptors (Lipinski definition) is 7. The second-order valence-electron chi connectivity index (χ2n) is 24.4. The van der Waals surface area contributed by atoms with Crippen LogP contribution in [0.2, 0.25) is 0 Å². The minimum atomic E-state index is -0.407. The molecule has 7 aliphatic carbocycles. The molecule has 0 N–H and O–H groups in total.